The number of nitrogens with one attached hydrogen (secondary N) is 1. The topological polar surface area (TPSA) is 118 Å². The molecule has 1 heterocycles. The van der Waals surface area contributed by atoms with Crippen LogP contribution in [0, 0.1) is 11.3 Å². The molecule has 0 amide bonds. The Morgan fingerprint density at radius 3 is 2.72 bits per heavy atom. The highest BCUT2D eigenvalue weighted by atomic mass is 32.1. The number of aromatic nitrogens is 1. The van der Waals surface area contributed by atoms with Crippen LogP contribution >= 0.6 is 11.3 Å². The third kappa shape index (κ3) is 5.16. The molecule has 0 aliphatic heterocycles. The van der Waals surface area contributed by atoms with E-state index >= 15 is 0 Å². The van der Waals surface area contributed by atoms with E-state index in [4.69, 9.17) is 15.7 Å². The van der Waals surface area contributed by atoms with E-state index in [0.717, 1.165) is 5.56 Å². The van der Waals surface area contributed by atoms with Crippen LogP contribution in [0.25, 0.3) is 0 Å². The van der Waals surface area contributed by atoms with Gasteiger partial charge in [0.15, 0.2) is 17.4 Å². The predicted octanol–water partition coefficient (Wildman–Crippen LogP) is 2.24. The minimum atomic E-state index is -0.732. The van der Waals surface area contributed by atoms with Gasteiger partial charge in [0.05, 0.1) is 0 Å². The number of esters is 1. The number of hydrogen-bond acceptors (Lipinski definition) is 8. The molecule has 8 heteroatoms. The number of nitrogens with zero attached hydrogens (tertiary/aromatic N) is 2. The zero-order valence-electron chi connectivity index (χ0n) is 13.5. The second-order valence-electron chi connectivity index (χ2n) is 5.05. The number of thiazole rings is 1. The zero-order valence-corrected chi connectivity index (χ0v) is 14.3. The lowest BCUT2D eigenvalue weighted by Crippen LogP contribution is -2.17. The third-order valence-corrected chi connectivity index (χ3v) is 3.92. The van der Waals surface area contributed by atoms with Gasteiger partial charge in [0.25, 0.3) is 0 Å². The fraction of sp³-hybridized carbons (Fsp3) is 0.176. The van der Waals surface area contributed by atoms with Crippen molar-refractivity contribution in [3.8, 4) is 6.07 Å². The van der Waals surface area contributed by atoms with E-state index < -0.39 is 18.4 Å². The normalized spacial score (nSPS) is 11.2. The first kappa shape index (κ1) is 18.2. The molecule has 0 fully saturated rings. The van der Waals surface area contributed by atoms with E-state index in [9.17, 15) is 9.59 Å². The number of hydrogen-bond donors (Lipinski definition) is 2. The molecular weight excluding hydrogens is 340 g/mol. The smallest absolute Gasteiger partial charge is 0.358 e. The van der Waals surface area contributed by atoms with E-state index in [0.29, 0.717) is 11.7 Å². The number of benzene rings is 1. The lowest BCUT2D eigenvalue weighted by Gasteiger charge is -2.03. The van der Waals surface area contributed by atoms with Crippen molar-refractivity contribution >= 4 is 28.2 Å². The number of rotatable bonds is 7. The van der Waals surface area contributed by atoms with Crippen molar-refractivity contribution in [2.24, 2.45) is 5.73 Å². The summed E-state index contributed by atoms with van der Waals surface area (Å²) in [5.74, 6) is -1.38. The summed E-state index contributed by atoms with van der Waals surface area (Å²) in [5.41, 5.74) is 6.48. The number of anilines is 1. The lowest BCUT2D eigenvalue weighted by molar-refractivity contribution is -0.118. The molecule has 3 N–H and O–H groups in total. The SMILES string of the molecule is C/C(N)=C(/C#N)C(=O)COC(=O)c1csc(NCc2ccccc2)n1. The van der Waals surface area contributed by atoms with Gasteiger partial charge in [0.2, 0.25) is 5.78 Å². The molecule has 0 unspecified atom stereocenters. The molecule has 0 aliphatic rings. The molecule has 0 saturated carbocycles. The van der Waals surface area contributed by atoms with Crippen molar-refractivity contribution in [2.75, 3.05) is 11.9 Å². The molecule has 0 radical (unpaired) electrons. The minimum absolute atomic E-state index is 0.0876. The fourth-order valence-electron chi connectivity index (χ4n) is 1.87. The van der Waals surface area contributed by atoms with Crippen molar-refractivity contribution < 1.29 is 14.3 Å². The highest BCUT2D eigenvalue weighted by Gasteiger charge is 2.17. The maximum absolute atomic E-state index is 11.9. The van der Waals surface area contributed by atoms with Crippen molar-refractivity contribution in [3.05, 3.63) is 58.2 Å². The molecular formula is C17H16N4O3S. The summed E-state index contributed by atoms with van der Waals surface area (Å²) >= 11 is 1.26. The monoisotopic (exact) mass is 356 g/mol. The highest BCUT2D eigenvalue weighted by Crippen LogP contribution is 2.17. The van der Waals surface area contributed by atoms with Gasteiger partial charge in [-0.05, 0) is 12.5 Å². The Balaban J connectivity index is 1.89. The van der Waals surface area contributed by atoms with Crippen molar-refractivity contribution in [2.45, 2.75) is 13.5 Å². The number of nitriles is 1. The molecule has 2 rings (SSSR count). The number of ketones is 1. The quantitative estimate of drug-likeness (QED) is 0.443. The van der Waals surface area contributed by atoms with E-state index in [1.165, 1.54) is 23.6 Å². The predicted molar refractivity (Wildman–Crippen MR) is 93.7 cm³/mol. The summed E-state index contributed by atoms with van der Waals surface area (Å²) < 4.78 is 4.89. The number of ether oxygens (including phenoxy) is 1. The first-order chi connectivity index (χ1) is 12.0. The lowest BCUT2D eigenvalue weighted by atomic mass is 10.1. The number of carbonyl (C=O) groups excluding carboxylic acids is 2. The van der Waals surface area contributed by atoms with Gasteiger partial charge >= 0.3 is 5.97 Å². The van der Waals surface area contributed by atoms with E-state index in [-0.39, 0.29) is 17.0 Å². The fourth-order valence-corrected chi connectivity index (χ4v) is 2.55. The molecule has 25 heavy (non-hydrogen) atoms. The summed E-state index contributed by atoms with van der Waals surface area (Å²) in [6.07, 6.45) is 0. The molecule has 0 spiro atoms. The first-order valence-corrected chi connectivity index (χ1v) is 8.19. The zero-order chi connectivity index (χ0) is 18.2. The van der Waals surface area contributed by atoms with Gasteiger partial charge in [0, 0.05) is 17.6 Å². The van der Waals surface area contributed by atoms with E-state index in [1.807, 2.05) is 30.3 Å². The van der Waals surface area contributed by atoms with Crippen LogP contribution in [0.5, 0.6) is 0 Å². The third-order valence-electron chi connectivity index (χ3n) is 3.12. The Kier molecular flexibility index (Phi) is 6.26. The standard InChI is InChI=1S/C17H16N4O3S/c1-11(19)13(7-18)15(22)9-24-16(23)14-10-25-17(21-14)20-8-12-5-3-2-4-6-12/h2-6,10H,8-9,19H2,1H3,(H,20,21)/b13-11+. The van der Waals surface area contributed by atoms with Crippen LogP contribution < -0.4 is 11.1 Å². The molecule has 1 aromatic carbocycles. The molecule has 0 atom stereocenters. The second kappa shape index (κ2) is 8.61. The van der Waals surface area contributed by atoms with Crippen LogP contribution in [0.3, 0.4) is 0 Å². The Bertz CT molecular complexity index is 833. The van der Waals surface area contributed by atoms with Crippen molar-refractivity contribution in [3.63, 3.8) is 0 Å². The summed E-state index contributed by atoms with van der Waals surface area (Å²) in [6, 6.07) is 11.4. The summed E-state index contributed by atoms with van der Waals surface area (Å²) in [6.45, 7) is 1.46. The Labute approximate surface area is 148 Å². The number of nitrogens with two attached hydrogens (primary N) is 1. The van der Waals surface area contributed by atoms with E-state index in [2.05, 4.69) is 10.3 Å². The van der Waals surface area contributed by atoms with Crippen LogP contribution in [-0.2, 0) is 16.1 Å². The van der Waals surface area contributed by atoms with Gasteiger partial charge in [-0.15, -0.1) is 11.3 Å². The summed E-state index contributed by atoms with van der Waals surface area (Å²) in [4.78, 5) is 27.8. The van der Waals surface area contributed by atoms with E-state index in [1.54, 1.807) is 6.07 Å². The van der Waals surface area contributed by atoms with Gasteiger partial charge < -0.3 is 15.8 Å². The minimum Gasteiger partial charge on any atom is -0.453 e. The largest absolute Gasteiger partial charge is 0.453 e. The van der Waals surface area contributed by atoms with Gasteiger partial charge in [-0.1, -0.05) is 30.3 Å². The molecule has 7 nitrogen and oxygen atoms in total. The van der Waals surface area contributed by atoms with Gasteiger partial charge in [-0.3, -0.25) is 4.79 Å². The average Bonchev–Trinajstić information content (AvgIpc) is 3.08. The highest BCUT2D eigenvalue weighted by molar-refractivity contribution is 7.13. The molecule has 0 bridgehead atoms. The second-order valence-corrected chi connectivity index (χ2v) is 5.90. The number of allylic oxidation sites excluding steroid dienone is 1. The Hall–Kier alpha value is -3.18. The van der Waals surface area contributed by atoms with Crippen LogP contribution in [0.15, 0.2) is 47.0 Å². The molecule has 0 saturated heterocycles. The summed E-state index contributed by atoms with van der Waals surface area (Å²) in [5, 5.41) is 14.1. The Morgan fingerprint density at radius 2 is 2.08 bits per heavy atom. The van der Waals surface area contributed by atoms with Gasteiger partial charge in [0.1, 0.15) is 11.6 Å². The Morgan fingerprint density at radius 1 is 1.36 bits per heavy atom. The molecule has 0 aliphatic carbocycles. The van der Waals surface area contributed by atoms with Gasteiger partial charge in [-0.2, -0.15) is 5.26 Å². The molecule has 2 aromatic rings. The van der Waals surface area contributed by atoms with Crippen molar-refractivity contribution in [1.29, 1.82) is 5.26 Å². The van der Waals surface area contributed by atoms with Crippen molar-refractivity contribution in [1.82, 2.24) is 4.98 Å². The maximum Gasteiger partial charge on any atom is 0.358 e. The van der Waals surface area contributed by atoms with Gasteiger partial charge in [-0.25, -0.2) is 9.78 Å². The summed E-state index contributed by atoms with van der Waals surface area (Å²) in [7, 11) is 0. The average molecular weight is 356 g/mol. The van der Waals surface area contributed by atoms with Crippen LogP contribution in [0.1, 0.15) is 23.0 Å². The number of Topliss-reactive ketones (excluding diaryl/α,β-unsaturated/α-hetero) is 1. The molecule has 1 aromatic heterocycles. The molecule has 128 valence electrons. The first-order valence-electron chi connectivity index (χ1n) is 7.31. The maximum atomic E-state index is 11.9. The van der Waals surface area contributed by atoms with Crippen LogP contribution in [0.4, 0.5) is 5.13 Å². The number of carbonyl (C=O) groups is 2. The van der Waals surface area contributed by atoms with Crippen LogP contribution in [-0.4, -0.2) is 23.3 Å². The van der Waals surface area contributed by atoms with Crippen LogP contribution in [0.2, 0.25) is 0 Å².